The SMILES string of the molecule is NC(C(=O)Nc1ccc(O)cc1C(=O)O)c1ccccc1. The van der Waals surface area contributed by atoms with Crippen molar-refractivity contribution in [2.45, 2.75) is 6.04 Å². The Morgan fingerprint density at radius 3 is 2.38 bits per heavy atom. The van der Waals surface area contributed by atoms with Gasteiger partial charge in [0.2, 0.25) is 5.91 Å². The van der Waals surface area contributed by atoms with Gasteiger partial charge < -0.3 is 21.3 Å². The maximum atomic E-state index is 12.1. The number of carboxylic acids is 1. The van der Waals surface area contributed by atoms with Crippen LogP contribution in [0.4, 0.5) is 5.69 Å². The van der Waals surface area contributed by atoms with Gasteiger partial charge in [0.15, 0.2) is 0 Å². The number of aromatic hydroxyl groups is 1. The first-order chi connectivity index (χ1) is 9.99. The predicted octanol–water partition coefficient (Wildman–Crippen LogP) is 1.73. The molecule has 6 heteroatoms. The van der Waals surface area contributed by atoms with E-state index in [2.05, 4.69) is 5.32 Å². The highest BCUT2D eigenvalue weighted by atomic mass is 16.4. The Kier molecular flexibility index (Phi) is 4.20. The number of hydrogen-bond donors (Lipinski definition) is 4. The fourth-order valence-electron chi connectivity index (χ4n) is 1.84. The lowest BCUT2D eigenvalue weighted by atomic mass is 10.1. The van der Waals surface area contributed by atoms with Crippen LogP contribution in [-0.2, 0) is 4.79 Å². The van der Waals surface area contributed by atoms with Crippen molar-refractivity contribution in [1.29, 1.82) is 0 Å². The Morgan fingerprint density at radius 2 is 1.76 bits per heavy atom. The van der Waals surface area contributed by atoms with Crippen LogP contribution in [0.2, 0.25) is 0 Å². The Bertz CT molecular complexity index is 671. The maximum Gasteiger partial charge on any atom is 0.337 e. The summed E-state index contributed by atoms with van der Waals surface area (Å²) in [6, 6.07) is 11.5. The van der Waals surface area contributed by atoms with Crippen LogP contribution in [-0.4, -0.2) is 22.1 Å². The molecule has 0 spiro atoms. The van der Waals surface area contributed by atoms with Crippen LogP contribution < -0.4 is 11.1 Å². The molecule has 21 heavy (non-hydrogen) atoms. The summed E-state index contributed by atoms with van der Waals surface area (Å²) in [5.41, 5.74) is 6.33. The zero-order valence-electron chi connectivity index (χ0n) is 11.0. The minimum Gasteiger partial charge on any atom is -0.508 e. The number of phenols is 1. The minimum absolute atomic E-state index is 0.0803. The summed E-state index contributed by atoms with van der Waals surface area (Å²) < 4.78 is 0. The van der Waals surface area contributed by atoms with Crippen molar-refractivity contribution in [2.75, 3.05) is 5.32 Å². The number of rotatable bonds is 4. The molecule has 2 rings (SSSR count). The number of nitrogens with one attached hydrogen (secondary N) is 1. The van der Waals surface area contributed by atoms with E-state index in [1.165, 1.54) is 12.1 Å². The van der Waals surface area contributed by atoms with E-state index in [4.69, 9.17) is 10.8 Å². The van der Waals surface area contributed by atoms with Gasteiger partial charge in [0.25, 0.3) is 0 Å². The average molecular weight is 286 g/mol. The first-order valence-corrected chi connectivity index (χ1v) is 6.16. The zero-order chi connectivity index (χ0) is 15.4. The maximum absolute atomic E-state index is 12.1. The van der Waals surface area contributed by atoms with E-state index in [0.29, 0.717) is 5.56 Å². The molecule has 0 saturated heterocycles. The van der Waals surface area contributed by atoms with E-state index < -0.39 is 17.9 Å². The summed E-state index contributed by atoms with van der Waals surface area (Å²) in [5, 5.41) is 20.8. The standard InChI is InChI=1S/C15H14N2O4/c16-13(9-4-2-1-3-5-9)14(19)17-12-7-6-10(18)8-11(12)15(20)21/h1-8,13,18H,16H2,(H,17,19)(H,20,21). The highest BCUT2D eigenvalue weighted by molar-refractivity contribution is 6.02. The molecule has 2 aromatic rings. The second-order valence-electron chi connectivity index (χ2n) is 4.41. The summed E-state index contributed by atoms with van der Waals surface area (Å²) in [5.74, 6) is -1.98. The average Bonchev–Trinajstić information content (AvgIpc) is 2.49. The molecule has 1 amide bonds. The minimum atomic E-state index is -1.26. The summed E-state index contributed by atoms with van der Waals surface area (Å²) >= 11 is 0. The molecule has 1 unspecified atom stereocenters. The van der Waals surface area contributed by atoms with Crippen LogP contribution in [0.15, 0.2) is 48.5 Å². The second-order valence-corrected chi connectivity index (χ2v) is 4.41. The van der Waals surface area contributed by atoms with E-state index in [-0.39, 0.29) is 17.0 Å². The van der Waals surface area contributed by atoms with Crippen molar-refractivity contribution >= 4 is 17.6 Å². The molecule has 5 N–H and O–H groups in total. The molecule has 0 aliphatic carbocycles. The predicted molar refractivity (Wildman–Crippen MR) is 77.1 cm³/mol. The lowest BCUT2D eigenvalue weighted by molar-refractivity contribution is -0.117. The highest BCUT2D eigenvalue weighted by Crippen LogP contribution is 2.22. The Morgan fingerprint density at radius 1 is 1.10 bits per heavy atom. The molecule has 1 atom stereocenters. The van der Waals surface area contributed by atoms with Crippen LogP contribution >= 0.6 is 0 Å². The number of nitrogens with two attached hydrogens (primary N) is 1. The van der Waals surface area contributed by atoms with Crippen molar-refractivity contribution in [3.05, 3.63) is 59.7 Å². The van der Waals surface area contributed by atoms with Crippen molar-refractivity contribution in [2.24, 2.45) is 5.73 Å². The summed E-state index contributed by atoms with van der Waals surface area (Å²) in [6.07, 6.45) is 0. The molecule has 2 aromatic carbocycles. The molecule has 0 aliphatic heterocycles. The van der Waals surface area contributed by atoms with Gasteiger partial charge in [0.1, 0.15) is 11.8 Å². The van der Waals surface area contributed by atoms with Crippen molar-refractivity contribution in [3.63, 3.8) is 0 Å². The van der Waals surface area contributed by atoms with Crippen molar-refractivity contribution < 1.29 is 19.8 Å². The van der Waals surface area contributed by atoms with Crippen molar-refractivity contribution in [1.82, 2.24) is 0 Å². The van der Waals surface area contributed by atoms with Crippen LogP contribution in [0.1, 0.15) is 22.0 Å². The fraction of sp³-hybridized carbons (Fsp3) is 0.0667. The topological polar surface area (TPSA) is 113 Å². The Hall–Kier alpha value is -2.86. The smallest absolute Gasteiger partial charge is 0.337 e. The number of anilines is 1. The Labute approximate surface area is 120 Å². The van der Waals surface area contributed by atoms with Gasteiger partial charge >= 0.3 is 5.97 Å². The molecule has 0 saturated carbocycles. The van der Waals surface area contributed by atoms with E-state index in [1.54, 1.807) is 30.3 Å². The normalized spacial score (nSPS) is 11.7. The molecule has 0 aromatic heterocycles. The van der Waals surface area contributed by atoms with Crippen LogP contribution in [0.5, 0.6) is 5.75 Å². The lowest BCUT2D eigenvalue weighted by Gasteiger charge is -2.14. The Balaban J connectivity index is 2.22. The third kappa shape index (κ3) is 3.37. The molecule has 6 nitrogen and oxygen atoms in total. The van der Waals surface area contributed by atoms with E-state index in [0.717, 1.165) is 6.07 Å². The molecule has 0 radical (unpaired) electrons. The number of carboxylic acid groups (broad SMARTS) is 1. The first-order valence-electron chi connectivity index (χ1n) is 6.16. The monoisotopic (exact) mass is 286 g/mol. The number of benzene rings is 2. The molecular weight excluding hydrogens is 272 g/mol. The van der Waals surface area contributed by atoms with Gasteiger partial charge in [0.05, 0.1) is 11.3 Å². The molecule has 0 fully saturated rings. The largest absolute Gasteiger partial charge is 0.508 e. The number of aromatic carboxylic acids is 1. The number of carbonyl (C=O) groups excluding carboxylic acids is 1. The molecule has 108 valence electrons. The van der Waals surface area contributed by atoms with Gasteiger partial charge in [-0.3, -0.25) is 4.79 Å². The van der Waals surface area contributed by atoms with Gasteiger partial charge in [-0.05, 0) is 23.8 Å². The van der Waals surface area contributed by atoms with Crippen LogP contribution in [0, 0.1) is 0 Å². The molecule has 0 heterocycles. The van der Waals surface area contributed by atoms with Gasteiger partial charge in [-0.1, -0.05) is 30.3 Å². The summed E-state index contributed by atoms with van der Waals surface area (Å²) in [7, 11) is 0. The van der Waals surface area contributed by atoms with Crippen LogP contribution in [0.3, 0.4) is 0 Å². The van der Waals surface area contributed by atoms with Crippen LogP contribution in [0.25, 0.3) is 0 Å². The van der Waals surface area contributed by atoms with E-state index >= 15 is 0 Å². The number of phenolic OH excluding ortho intramolecular Hbond substituents is 1. The van der Waals surface area contributed by atoms with Gasteiger partial charge in [0, 0.05) is 0 Å². The zero-order valence-corrected chi connectivity index (χ0v) is 11.0. The third-order valence-electron chi connectivity index (χ3n) is 2.93. The second kappa shape index (κ2) is 6.06. The quantitative estimate of drug-likeness (QED) is 0.639. The van der Waals surface area contributed by atoms with Gasteiger partial charge in [-0.2, -0.15) is 0 Å². The number of carbonyl (C=O) groups is 2. The number of amides is 1. The lowest BCUT2D eigenvalue weighted by Crippen LogP contribution is -2.28. The summed E-state index contributed by atoms with van der Waals surface area (Å²) in [4.78, 5) is 23.2. The van der Waals surface area contributed by atoms with E-state index in [9.17, 15) is 14.7 Å². The number of hydrogen-bond acceptors (Lipinski definition) is 4. The highest BCUT2D eigenvalue weighted by Gasteiger charge is 2.19. The molecular formula is C15H14N2O4. The first kappa shape index (κ1) is 14.5. The third-order valence-corrected chi connectivity index (χ3v) is 2.93. The molecule has 0 aliphatic rings. The van der Waals surface area contributed by atoms with Crippen molar-refractivity contribution in [3.8, 4) is 5.75 Å². The molecule has 0 bridgehead atoms. The fourth-order valence-corrected chi connectivity index (χ4v) is 1.84. The van der Waals surface area contributed by atoms with Gasteiger partial charge in [-0.15, -0.1) is 0 Å². The van der Waals surface area contributed by atoms with Gasteiger partial charge in [-0.25, -0.2) is 4.79 Å². The van der Waals surface area contributed by atoms with E-state index in [1.807, 2.05) is 0 Å². The summed E-state index contributed by atoms with van der Waals surface area (Å²) in [6.45, 7) is 0.